The number of halogens is 3. The molecule has 4 aromatic heterocycles. The molecule has 0 saturated carbocycles. The van der Waals surface area contributed by atoms with Gasteiger partial charge in [0.05, 0.1) is 43.2 Å². The molecule has 6 heterocycles. The van der Waals surface area contributed by atoms with Gasteiger partial charge in [0.2, 0.25) is 5.95 Å². The van der Waals surface area contributed by atoms with Gasteiger partial charge in [-0.1, -0.05) is 0 Å². The van der Waals surface area contributed by atoms with Crippen LogP contribution in [0.3, 0.4) is 0 Å². The predicted molar refractivity (Wildman–Crippen MR) is 131 cm³/mol. The van der Waals surface area contributed by atoms with Gasteiger partial charge in [-0.2, -0.15) is 0 Å². The van der Waals surface area contributed by atoms with Crippen molar-refractivity contribution in [1.82, 2.24) is 34.0 Å². The van der Waals surface area contributed by atoms with E-state index in [1.54, 1.807) is 17.6 Å². The predicted octanol–water partition coefficient (Wildman–Crippen LogP) is 3.75. The van der Waals surface area contributed by atoms with Crippen molar-refractivity contribution in [2.75, 3.05) is 31.6 Å². The van der Waals surface area contributed by atoms with E-state index < -0.39 is 13.0 Å². The number of nitrogens with one attached hydrogen (secondary N) is 1. The Labute approximate surface area is 208 Å². The highest BCUT2D eigenvalue weighted by molar-refractivity contribution is 9.10. The van der Waals surface area contributed by atoms with Crippen LogP contribution in [0.25, 0.3) is 27.9 Å². The van der Waals surface area contributed by atoms with Crippen LogP contribution in [-0.2, 0) is 11.3 Å². The lowest BCUT2D eigenvalue weighted by Crippen LogP contribution is -2.53. The van der Waals surface area contributed by atoms with Crippen LogP contribution in [-0.4, -0.2) is 78.8 Å². The van der Waals surface area contributed by atoms with Crippen LogP contribution in [0.5, 0.6) is 0 Å². The summed E-state index contributed by atoms with van der Waals surface area (Å²) in [5, 5.41) is 8.17. The number of hydrogen-bond acceptors (Lipinski definition) is 7. The molecule has 35 heavy (non-hydrogen) atoms. The molecule has 9 nitrogen and oxygen atoms in total. The smallest absolute Gasteiger partial charge is 0.256 e. The number of ether oxygens (including phenoxy) is 1. The summed E-state index contributed by atoms with van der Waals surface area (Å²) in [5.74, 6) is 1.08. The Morgan fingerprint density at radius 3 is 2.71 bits per heavy atom. The van der Waals surface area contributed by atoms with Gasteiger partial charge in [0, 0.05) is 24.7 Å². The third-order valence-electron chi connectivity index (χ3n) is 6.85. The fourth-order valence-electron chi connectivity index (χ4n) is 4.87. The molecule has 0 radical (unpaired) electrons. The number of alkyl halides is 2. The van der Waals surface area contributed by atoms with Crippen molar-refractivity contribution in [1.29, 1.82) is 0 Å². The normalized spacial score (nSPS) is 18.1. The first kappa shape index (κ1) is 22.7. The van der Waals surface area contributed by atoms with Crippen LogP contribution < -0.4 is 5.32 Å². The van der Waals surface area contributed by atoms with E-state index in [4.69, 9.17) is 4.74 Å². The van der Waals surface area contributed by atoms with Crippen molar-refractivity contribution in [3.05, 3.63) is 34.8 Å². The van der Waals surface area contributed by atoms with Gasteiger partial charge < -0.3 is 14.6 Å². The molecule has 1 N–H and O–H groups in total. The van der Waals surface area contributed by atoms with Crippen molar-refractivity contribution in [2.45, 2.75) is 44.8 Å². The van der Waals surface area contributed by atoms with E-state index in [1.807, 2.05) is 18.2 Å². The van der Waals surface area contributed by atoms with Crippen LogP contribution in [0.2, 0.25) is 0 Å². The molecule has 0 unspecified atom stereocenters. The Morgan fingerprint density at radius 1 is 1.20 bits per heavy atom. The summed E-state index contributed by atoms with van der Waals surface area (Å²) >= 11 is 3.60. The number of fused-ring (bicyclic) bond motifs is 2. The zero-order valence-corrected chi connectivity index (χ0v) is 20.7. The quantitative estimate of drug-likeness (QED) is 0.394. The second-order valence-corrected chi connectivity index (χ2v) is 9.92. The van der Waals surface area contributed by atoms with Crippen molar-refractivity contribution >= 4 is 38.6 Å². The monoisotopic (exact) mass is 546 g/mol. The van der Waals surface area contributed by atoms with E-state index in [0.29, 0.717) is 40.7 Å². The molecule has 0 atom stereocenters. The number of aryl methyl sites for hydroxylation is 1. The SMILES string of the molecule is Cc1nc2ccc(-c3cc(Br)n4nc(NC5CCN(C6COC6)CC5)ncc34)nc2n1CC(F)F. The summed E-state index contributed by atoms with van der Waals surface area (Å²) < 4.78 is 35.5. The fraction of sp³-hybridized carbons (Fsp3) is 0.478. The molecule has 4 aromatic rings. The van der Waals surface area contributed by atoms with Gasteiger partial charge in [-0.25, -0.2) is 28.2 Å². The van der Waals surface area contributed by atoms with E-state index in [1.165, 1.54) is 4.57 Å². The van der Waals surface area contributed by atoms with E-state index in [-0.39, 0.29) is 0 Å². The topological polar surface area (TPSA) is 85.4 Å². The molecule has 0 aliphatic carbocycles. The molecule has 12 heteroatoms. The molecule has 0 amide bonds. The van der Waals surface area contributed by atoms with Gasteiger partial charge >= 0.3 is 0 Å². The number of imidazole rings is 1. The maximum atomic E-state index is 13.1. The molecular formula is C23H25BrF2N8O. The van der Waals surface area contributed by atoms with Gasteiger partial charge in [0.25, 0.3) is 6.43 Å². The minimum atomic E-state index is -2.49. The highest BCUT2D eigenvalue weighted by Crippen LogP contribution is 2.31. The van der Waals surface area contributed by atoms with Crippen LogP contribution >= 0.6 is 15.9 Å². The first-order chi connectivity index (χ1) is 17.0. The molecule has 2 saturated heterocycles. The third-order valence-corrected chi connectivity index (χ3v) is 7.42. The molecule has 0 spiro atoms. The second-order valence-electron chi connectivity index (χ2n) is 9.11. The number of piperidine rings is 1. The number of rotatable bonds is 6. The lowest BCUT2D eigenvalue weighted by atomic mass is 10.0. The fourth-order valence-corrected chi connectivity index (χ4v) is 5.37. The van der Waals surface area contributed by atoms with Crippen LogP contribution in [0.1, 0.15) is 18.7 Å². The second kappa shape index (κ2) is 9.07. The summed E-state index contributed by atoms with van der Waals surface area (Å²) in [6, 6.07) is 6.46. The number of hydrogen-bond donors (Lipinski definition) is 1. The highest BCUT2D eigenvalue weighted by Gasteiger charge is 2.30. The zero-order chi connectivity index (χ0) is 24.1. The average molecular weight is 547 g/mol. The summed E-state index contributed by atoms with van der Waals surface area (Å²) in [4.78, 5) is 16.1. The first-order valence-corrected chi connectivity index (χ1v) is 12.5. The van der Waals surface area contributed by atoms with Gasteiger partial charge in [-0.3, -0.25) is 4.90 Å². The third kappa shape index (κ3) is 4.27. The highest BCUT2D eigenvalue weighted by atomic mass is 79.9. The molecule has 2 fully saturated rings. The minimum absolute atomic E-state index is 0.320. The first-order valence-electron chi connectivity index (χ1n) is 11.7. The number of pyridine rings is 1. The molecular weight excluding hydrogens is 522 g/mol. The van der Waals surface area contributed by atoms with Gasteiger partial charge in [0.1, 0.15) is 15.9 Å². The van der Waals surface area contributed by atoms with Gasteiger partial charge in [-0.05, 0) is 53.9 Å². The molecule has 6 rings (SSSR count). The van der Waals surface area contributed by atoms with Crippen molar-refractivity contribution < 1.29 is 13.5 Å². The van der Waals surface area contributed by atoms with E-state index in [2.05, 4.69) is 46.2 Å². The number of likely N-dealkylation sites (tertiary alicyclic amines) is 1. The average Bonchev–Trinajstić information content (AvgIpc) is 3.29. The Balaban J connectivity index is 1.25. The lowest BCUT2D eigenvalue weighted by molar-refractivity contribution is -0.0705. The Morgan fingerprint density at radius 2 is 2.00 bits per heavy atom. The Bertz CT molecular complexity index is 1380. The number of nitrogens with zero attached hydrogens (tertiary/aromatic N) is 7. The number of aromatic nitrogens is 6. The Kier molecular flexibility index (Phi) is 5.89. The Hall–Kier alpha value is -2.70. The van der Waals surface area contributed by atoms with Crippen LogP contribution in [0, 0.1) is 6.92 Å². The zero-order valence-electron chi connectivity index (χ0n) is 19.2. The van der Waals surface area contributed by atoms with Gasteiger partial charge in [0.15, 0.2) is 5.65 Å². The van der Waals surface area contributed by atoms with Crippen LogP contribution in [0.4, 0.5) is 14.7 Å². The van der Waals surface area contributed by atoms with E-state index >= 15 is 0 Å². The maximum absolute atomic E-state index is 13.1. The van der Waals surface area contributed by atoms with Crippen molar-refractivity contribution in [3.8, 4) is 11.3 Å². The van der Waals surface area contributed by atoms with E-state index in [0.717, 1.165) is 54.8 Å². The van der Waals surface area contributed by atoms with Crippen molar-refractivity contribution in [3.63, 3.8) is 0 Å². The largest absolute Gasteiger partial charge is 0.378 e. The standard InChI is InChI=1S/C23H25BrF2N8O/c1-13-28-18-3-2-17(30-22(18)33(13)10-21(25)26)16-8-20(24)34-19(16)9-27-23(31-34)29-14-4-6-32(7-5-14)15-11-35-12-15/h2-3,8-9,14-15,21H,4-7,10-12H2,1H3,(H,29,31). The summed E-state index contributed by atoms with van der Waals surface area (Å²) in [7, 11) is 0. The van der Waals surface area contributed by atoms with E-state index in [9.17, 15) is 8.78 Å². The lowest BCUT2D eigenvalue weighted by Gasteiger charge is -2.41. The molecule has 184 valence electrons. The summed E-state index contributed by atoms with van der Waals surface area (Å²) in [6.07, 6.45) is 1.35. The molecule has 0 bridgehead atoms. The number of anilines is 1. The van der Waals surface area contributed by atoms with Crippen LogP contribution in [0.15, 0.2) is 29.0 Å². The van der Waals surface area contributed by atoms with Gasteiger partial charge in [-0.15, -0.1) is 5.10 Å². The van der Waals surface area contributed by atoms with Crippen molar-refractivity contribution in [2.24, 2.45) is 0 Å². The maximum Gasteiger partial charge on any atom is 0.256 e. The molecule has 2 aliphatic heterocycles. The molecule has 2 aliphatic rings. The summed E-state index contributed by atoms with van der Waals surface area (Å²) in [5.41, 5.74) is 3.25. The molecule has 0 aromatic carbocycles. The minimum Gasteiger partial charge on any atom is -0.378 e. The summed E-state index contributed by atoms with van der Waals surface area (Å²) in [6.45, 7) is 5.05.